The number of aryl methyl sites for hydroxylation is 1. The first-order valence-corrected chi connectivity index (χ1v) is 7.53. The van der Waals surface area contributed by atoms with Crippen molar-refractivity contribution in [3.8, 4) is 0 Å². The Balaban J connectivity index is 1.60. The number of rotatable bonds is 4. The minimum Gasteiger partial charge on any atom is -0.334 e. The molecule has 3 saturated carbocycles. The van der Waals surface area contributed by atoms with Crippen molar-refractivity contribution >= 4 is 0 Å². The third kappa shape index (κ3) is 1.31. The highest BCUT2D eigenvalue weighted by molar-refractivity contribution is 5.19. The molecule has 1 heterocycles. The van der Waals surface area contributed by atoms with Gasteiger partial charge in [-0.05, 0) is 62.8 Å². The van der Waals surface area contributed by atoms with E-state index in [1.54, 1.807) is 0 Å². The number of imidazole rings is 1. The van der Waals surface area contributed by atoms with E-state index in [1.807, 2.05) is 6.20 Å². The first-order valence-electron chi connectivity index (χ1n) is 7.53. The predicted molar refractivity (Wildman–Crippen MR) is 71.0 cm³/mol. The monoisotopic (exact) mass is 245 g/mol. The summed E-state index contributed by atoms with van der Waals surface area (Å²) in [6.45, 7) is 3.23. The standard InChI is InChI=1S/C15H23N3/c1-3-18-7-6-17-15(18)14(16-2)13-11-9-4-5-10(8-9)12(11)13/h6-7,9-14,16H,3-5,8H2,1-2H3. The number of nitrogens with zero attached hydrogens (tertiary/aromatic N) is 2. The van der Waals surface area contributed by atoms with Gasteiger partial charge in [0.25, 0.3) is 0 Å². The minimum atomic E-state index is 0.485. The molecule has 0 spiro atoms. The Kier molecular flexibility index (Phi) is 2.35. The van der Waals surface area contributed by atoms with Crippen molar-refractivity contribution in [2.75, 3.05) is 7.05 Å². The predicted octanol–water partition coefficient (Wildman–Crippen LogP) is 2.46. The summed E-state index contributed by atoms with van der Waals surface area (Å²) in [6.07, 6.45) is 8.61. The molecule has 3 nitrogen and oxygen atoms in total. The van der Waals surface area contributed by atoms with Gasteiger partial charge in [-0.25, -0.2) is 4.98 Å². The lowest BCUT2D eigenvalue weighted by Gasteiger charge is -2.20. The van der Waals surface area contributed by atoms with Gasteiger partial charge in [-0.2, -0.15) is 0 Å². The number of fused-ring (bicyclic) bond motifs is 5. The smallest absolute Gasteiger partial charge is 0.126 e. The van der Waals surface area contributed by atoms with Crippen molar-refractivity contribution in [3.63, 3.8) is 0 Å². The van der Waals surface area contributed by atoms with Crippen LogP contribution in [0.5, 0.6) is 0 Å². The molecule has 3 aliphatic rings. The molecule has 1 N–H and O–H groups in total. The number of nitrogens with one attached hydrogen (secondary N) is 1. The first-order chi connectivity index (χ1) is 8.85. The summed E-state index contributed by atoms with van der Waals surface area (Å²) in [7, 11) is 2.11. The van der Waals surface area contributed by atoms with Crippen molar-refractivity contribution < 1.29 is 0 Å². The summed E-state index contributed by atoms with van der Waals surface area (Å²) in [4.78, 5) is 4.62. The van der Waals surface area contributed by atoms with Crippen molar-refractivity contribution in [2.45, 2.75) is 38.8 Å². The van der Waals surface area contributed by atoms with Crippen LogP contribution in [0, 0.1) is 29.6 Å². The fourth-order valence-corrected chi connectivity index (χ4v) is 5.20. The normalized spacial score (nSPS) is 42.0. The fourth-order valence-electron chi connectivity index (χ4n) is 5.20. The molecular weight excluding hydrogens is 222 g/mol. The van der Waals surface area contributed by atoms with Gasteiger partial charge in [-0.1, -0.05) is 0 Å². The zero-order valence-electron chi connectivity index (χ0n) is 11.3. The van der Waals surface area contributed by atoms with E-state index in [4.69, 9.17) is 0 Å². The Morgan fingerprint density at radius 2 is 2.11 bits per heavy atom. The SMILES string of the molecule is CCn1ccnc1C(NC)C1C2C3CCC(C3)C21. The fraction of sp³-hybridized carbons (Fsp3) is 0.800. The van der Waals surface area contributed by atoms with E-state index < -0.39 is 0 Å². The molecule has 18 heavy (non-hydrogen) atoms. The summed E-state index contributed by atoms with van der Waals surface area (Å²) in [5.41, 5.74) is 0. The van der Waals surface area contributed by atoms with Crippen LogP contribution in [0.15, 0.2) is 12.4 Å². The van der Waals surface area contributed by atoms with E-state index in [-0.39, 0.29) is 0 Å². The average molecular weight is 245 g/mol. The van der Waals surface area contributed by atoms with Crippen LogP contribution in [-0.4, -0.2) is 16.6 Å². The van der Waals surface area contributed by atoms with Crippen molar-refractivity contribution in [2.24, 2.45) is 29.6 Å². The molecule has 1 aromatic heterocycles. The van der Waals surface area contributed by atoms with Crippen LogP contribution in [0.1, 0.15) is 38.1 Å². The quantitative estimate of drug-likeness (QED) is 0.883. The topological polar surface area (TPSA) is 29.9 Å². The van der Waals surface area contributed by atoms with Gasteiger partial charge < -0.3 is 9.88 Å². The Labute approximate surface area is 109 Å². The molecule has 2 bridgehead atoms. The lowest BCUT2D eigenvalue weighted by atomic mass is 9.97. The summed E-state index contributed by atoms with van der Waals surface area (Å²) < 4.78 is 2.30. The lowest BCUT2D eigenvalue weighted by Crippen LogP contribution is -2.25. The van der Waals surface area contributed by atoms with Crippen molar-refractivity contribution in [3.05, 3.63) is 18.2 Å². The van der Waals surface area contributed by atoms with Crippen LogP contribution < -0.4 is 5.32 Å². The Bertz CT molecular complexity index is 436. The zero-order valence-corrected chi connectivity index (χ0v) is 11.3. The number of aromatic nitrogens is 2. The van der Waals surface area contributed by atoms with E-state index in [1.165, 1.54) is 25.1 Å². The highest BCUT2D eigenvalue weighted by Crippen LogP contribution is 2.72. The zero-order chi connectivity index (χ0) is 12.3. The lowest BCUT2D eigenvalue weighted by molar-refractivity contribution is 0.367. The molecule has 4 rings (SSSR count). The van der Waals surface area contributed by atoms with Crippen LogP contribution in [0.2, 0.25) is 0 Å². The molecule has 0 amide bonds. The third-order valence-electron chi connectivity index (χ3n) is 5.86. The first kappa shape index (κ1) is 11.0. The molecule has 3 fully saturated rings. The highest BCUT2D eigenvalue weighted by atomic mass is 15.1. The second-order valence-corrected chi connectivity index (χ2v) is 6.40. The summed E-state index contributed by atoms with van der Waals surface area (Å²) in [6, 6.07) is 0.485. The molecule has 5 atom stereocenters. The Hall–Kier alpha value is -0.830. The largest absolute Gasteiger partial charge is 0.334 e. The molecule has 5 unspecified atom stereocenters. The number of hydrogen-bond acceptors (Lipinski definition) is 2. The molecule has 0 radical (unpaired) electrons. The molecule has 1 aromatic rings. The second kappa shape index (κ2) is 3.83. The minimum absolute atomic E-state index is 0.485. The van der Waals surface area contributed by atoms with Crippen LogP contribution in [0.25, 0.3) is 0 Å². The van der Waals surface area contributed by atoms with E-state index >= 15 is 0 Å². The van der Waals surface area contributed by atoms with Crippen LogP contribution >= 0.6 is 0 Å². The van der Waals surface area contributed by atoms with Crippen molar-refractivity contribution in [1.82, 2.24) is 14.9 Å². The van der Waals surface area contributed by atoms with Gasteiger partial charge in [0.1, 0.15) is 5.82 Å². The second-order valence-electron chi connectivity index (χ2n) is 6.40. The van der Waals surface area contributed by atoms with E-state index in [9.17, 15) is 0 Å². The molecule has 0 aliphatic heterocycles. The Morgan fingerprint density at radius 1 is 1.39 bits per heavy atom. The summed E-state index contributed by atoms with van der Waals surface area (Å²) in [5, 5.41) is 3.56. The van der Waals surface area contributed by atoms with E-state index in [2.05, 4.69) is 35.0 Å². The maximum absolute atomic E-state index is 4.62. The van der Waals surface area contributed by atoms with Gasteiger partial charge in [-0.3, -0.25) is 0 Å². The van der Waals surface area contributed by atoms with Crippen LogP contribution in [-0.2, 0) is 6.54 Å². The summed E-state index contributed by atoms with van der Waals surface area (Å²) >= 11 is 0. The van der Waals surface area contributed by atoms with Crippen LogP contribution in [0.4, 0.5) is 0 Å². The highest BCUT2D eigenvalue weighted by Gasteiger charge is 2.67. The van der Waals surface area contributed by atoms with E-state index in [0.29, 0.717) is 6.04 Å². The maximum Gasteiger partial charge on any atom is 0.126 e. The average Bonchev–Trinajstić information content (AvgIpc) is 2.80. The van der Waals surface area contributed by atoms with Gasteiger partial charge in [0, 0.05) is 18.9 Å². The maximum atomic E-state index is 4.62. The van der Waals surface area contributed by atoms with Crippen molar-refractivity contribution in [1.29, 1.82) is 0 Å². The van der Waals surface area contributed by atoms with Gasteiger partial charge in [0.2, 0.25) is 0 Å². The van der Waals surface area contributed by atoms with E-state index in [0.717, 1.165) is 36.1 Å². The van der Waals surface area contributed by atoms with Gasteiger partial charge >= 0.3 is 0 Å². The molecule has 3 heteroatoms. The number of hydrogen-bond donors (Lipinski definition) is 1. The summed E-state index contributed by atoms with van der Waals surface area (Å²) in [5.74, 6) is 6.26. The molecule has 98 valence electrons. The molecule has 0 aromatic carbocycles. The molecule has 3 aliphatic carbocycles. The van der Waals surface area contributed by atoms with Gasteiger partial charge in [-0.15, -0.1) is 0 Å². The third-order valence-corrected chi connectivity index (χ3v) is 5.86. The molecule has 0 saturated heterocycles. The van der Waals surface area contributed by atoms with Gasteiger partial charge in [0.15, 0.2) is 0 Å². The van der Waals surface area contributed by atoms with Crippen LogP contribution in [0.3, 0.4) is 0 Å². The van der Waals surface area contributed by atoms with Gasteiger partial charge in [0.05, 0.1) is 6.04 Å². The Morgan fingerprint density at radius 3 is 2.72 bits per heavy atom. The molecular formula is C15H23N3.